The van der Waals surface area contributed by atoms with E-state index in [2.05, 4.69) is 10.6 Å². The van der Waals surface area contributed by atoms with Crippen molar-refractivity contribution in [1.29, 1.82) is 5.41 Å². The van der Waals surface area contributed by atoms with E-state index in [9.17, 15) is 19.7 Å². The number of carbonyl (C=O) groups is 2. The van der Waals surface area contributed by atoms with Crippen LogP contribution in [0.4, 0.5) is 11.4 Å². The summed E-state index contributed by atoms with van der Waals surface area (Å²) in [6.07, 6.45) is 0.308. The molecule has 0 aromatic heterocycles. The fourth-order valence-electron chi connectivity index (χ4n) is 2.68. The number of ketones is 1. The van der Waals surface area contributed by atoms with E-state index in [0.29, 0.717) is 6.42 Å². The Morgan fingerprint density at radius 2 is 1.72 bits per heavy atom. The normalized spacial score (nSPS) is 12.4. The number of amides is 1. The third-order valence-electron chi connectivity index (χ3n) is 4.25. The number of hydrogen-bond acceptors (Lipinski definition) is 6. The van der Waals surface area contributed by atoms with Gasteiger partial charge < -0.3 is 22.1 Å². The number of nitrogens with zero attached hydrogens (tertiary/aromatic N) is 1. The zero-order valence-corrected chi connectivity index (χ0v) is 15.6. The van der Waals surface area contributed by atoms with Gasteiger partial charge in [-0.25, -0.2) is 0 Å². The zero-order valence-electron chi connectivity index (χ0n) is 15.6. The van der Waals surface area contributed by atoms with Crippen LogP contribution in [0.25, 0.3) is 0 Å². The molecule has 2 aromatic rings. The van der Waals surface area contributed by atoms with Crippen molar-refractivity contribution in [2.24, 2.45) is 11.5 Å². The summed E-state index contributed by atoms with van der Waals surface area (Å²) in [5.41, 5.74) is 10.1. The number of nitrogens with two attached hydrogens (primary N) is 2. The fraction of sp³-hybridized carbons (Fsp3) is 0.211. The van der Waals surface area contributed by atoms with Crippen LogP contribution in [0, 0.1) is 15.5 Å². The van der Waals surface area contributed by atoms with Gasteiger partial charge in [0.25, 0.3) is 11.6 Å². The fourth-order valence-corrected chi connectivity index (χ4v) is 2.68. The van der Waals surface area contributed by atoms with Crippen molar-refractivity contribution >= 4 is 29.0 Å². The van der Waals surface area contributed by atoms with E-state index in [0.717, 1.165) is 0 Å². The van der Waals surface area contributed by atoms with Crippen molar-refractivity contribution in [3.63, 3.8) is 0 Å². The van der Waals surface area contributed by atoms with Crippen LogP contribution in [0.5, 0.6) is 0 Å². The van der Waals surface area contributed by atoms with E-state index in [1.165, 1.54) is 24.3 Å². The maximum absolute atomic E-state index is 13.0. The molecule has 1 amide bonds. The molecule has 0 aliphatic rings. The highest BCUT2D eigenvalue weighted by molar-refractivity contribution is 6.21. The summed E-state index contributed by atoms with van der Waals surface area (Å²) >= 11 is 0. The van der Waals surface area contributed by atoms with E-state index in [1.54, 1.807) is 30.3 Å². The summed E-state index contributed by atoms with van der Waals surface area (Å²) in [5.74, 6) is -1.51. The van der Waals surface area contributed by atoms with Crippen molar-refractivity contribution in [2.45, 2.75) is 18.4 Å². The molecule has 0 spiro atoms. The molecule has 0 bridgehead atoms. The van der Waals surface area contributed by atoms with Crippen LogP contribution in [-0.2, 0) is 4.79 Å². The Morgan fingerprint density at radius 3 is 2.28 bits per heavy atom. The number of non-ortho nitro benzene ring substituents is 1. The van der Waals surface area contributed by atoms with Gasteiger partial charge in [-0.1, -0.05) is 30.3 Å². The quantitative estimate of drug-likeness (QED) is 0.0805. The second-order valence-corrected chi connectivity index (χ2v) is 6.37. The average Bonchev–Trinajstić information content (AvgIpc) is 2.71. The summed E-state index contributed by atoms with van der Waals surface area (Å²) in [6.45, 7) is 0.265. The predicted molar refractivity (Wildman–Crippen MR) is 109 cm³/mol. The second-order valence-electron chi connectivity index (χ2n) is 6.37. The first-order valence-electron chi connectivity index (χ1n) is 8.76. The van der Waals surface area contributed by atoms with Gasteiger partial charge >= 0.3 is 0 Å². The van der Waals surface area contributed by atoms with Crippen molar-refractivity contribution < 1.29 is 14.5 Å². The smallest absolute Gasteiger partial charge is 0.269 e. The molecule has 0 radical (unpaired) electrons. The third-order valence-corrected chi connectivity index (χ3v) is 4.25. The largest absolute Gasteiger partial charge is 0.370 e. The molecule has 2 rings (SSSR count). The van der Waals surface area contributed by atoms with Crippen molar-refractivity contribution in [1.82, 2.24) is 5.32 Å². The molecule has 1 atom stereocenters. The summed E-state index contributed by atoms with van der Waals surface area (Å²) in [7, 11) is 0. The highest BCUT2D eigenvalue weighted by atomic mass is 16.6. The molecule has 0 unspecified atom stereocenters. The average molecular weight is 398 g/mol. The molecule has 0 saturated carbocycles. The van der Waals surface area contributed by atoms with Gasteiger partial charge in [0.2, 0.25) is 0 Å². The van der Waals surface area contributed by atoms with Gasteiger partial charge in [-0.15, -0.1) is 0 Å². The minimum Gasteiger partial charge on any atom is -0.370 e. The first-order valence-corrected chi connectivity index (χ1v) is 8.76. The van der Waals surface area contributed by atoms with Crippen molar-refractivity contribution in [3.05, 3.63) is 70.3 Å². The maximum atomic E-state index is 13.0. The van der Waals surface area contributed by atoms with Gasteiger partial charge in [0.1, 0.15) is 0 Å². The number of guanidine groups is 1. The van der Waals surface area contributed by atoms with Gasteiger partial charge in [0.05, 0.1) is 4.92 Å². The Bertz CT molecular complexity index is 901. The molecular formula is C19H22N6O4. The third kappa shape index (κ3) is 5.59. The molecule has 0 heterocycles. The first-order chi connectivity index (χ1) is 13.7. The molecule has 0 fully saturated rings. The lowest BCUT2D eigenvalue weighted by Crippen LogP contribution is -2.57. The number of nitro groups is 1. The van der Waals surface area contributed by atoms with Crippen LogP contribution in [-0.4, -0.2) is 34.7 Å². The van der Waals surface area contributed by atoms with E-state index >= 15 is 0 Å². The number of nitrogens with one attached hydrogen (secondary N) is 3. The van der Waals surface area contributed by atoms with E-state index in [1.807, 2.05) is 0 Å². The minimum atomic E-state index is -1.87. The number of anilines is 1. The molecule has 29 heavy (non-hydrogen) atoms. The van der Waals surface area contributed by atoms with Gasteiger partial charge in [-0.2, -0.15) is 0 Å². The number of rotatable bonds is 9. The lowest BCUT2D eigenvalue weighted by molar-refractivity contribution is -0.384. The predicted octanol–water partition coefficient (Wildman–Crippen LogP) is 1.38. The molecule has 0 aliphatic carbocycles. The number of benzene rings is 2. The van der Waals surface area contributed by atoms with Gasteiger partial charge in [-0.05, 0) is 25.0 Å². The second kappa shape index (κ2) is 9.42. The summed E-state index contributed by atoms with van der Waals surface area (Å²) in [5, 5.41) is 23.1. The Hall–Kier alpha value is -3.79. The van der Waals surface area contributed by atoms with Crippen LogP contribution in [0.2, 0.25) is 0 Å². The van der Waals surface area contributed by atoms with Crippen LogP contribution in [0.1, 0.15) is 23.2 Å². The topological polar surface area (TPSA) is 177 Å². The molecule has 2 aromatic carbocycles. The standard InChI is InChI=1S/C19H22N6O4/c20-18(21)23-12-4-11-19(22,16(26)13-5-2-1-3-6-13)17(27)24-14-7-9-15(10-8-14)25(28)29/h1-3,5-10H,4,11-12,22H2,(H,24,27)(H4,20,21,23)/t19-/m1/s1. The number of nitro benzene ring substituents is 1. The van der Waals surface area contributed by atoms with E-state index in [4.69, 9.17) is 16.9 Å². The van der Waals surface area contributed by atoms with Gasteiger partial charge in [-0.3, -0.25) is 25.1 Å². The summed E-state index contributed by atoms with van der Waals surface area (Å²) < 4.78 is 0. The first kappa shape index (κ1) is 21.5. The van der Waals surface area contributed by atoms with Crippen molar-refractivity contribution in [2.75, 3.05) is 11.9 Å². The van der Waals surface area contributed by atoms with E-state index < -0.39 is 22.2 Å². The summed E-state index contributed by atoms with van der Waals surface area (Å²) in [6, 6.07) is 13.4. The monoisotopic (exact) mass is 398 g/mol. The Balaban J connectivity index is 2.22. The van der Waals surface area contributed by atoms with Crippen LogP contribution < -0.4 is 22.1 Å². The van der Waals surface area contributed by atoms with E-state index in [-0.39, 0.29) is 35.9 Å². The lowest BCUT2D eigenvalue weighted by atomic mass is 9.84. The SMILES string of the molecule is N=C(N)NCCC[C@](N)(C(=O)Nc1ccc([N+](=O)[O-])cc1)C(=O)c1ccccc1. The number of carbonyl (C=O) groups excluding carboxylic acids is 2. The molecule has 0 aliphatic heterocycles. The summed E-state index contributed by atoms with van der Waals surface area (Å²) in [4.78, 5) is 36.1. The molecule has 10 heteroatoms. The maximum Gasteiger partial charge on any atom is 0.269 e. The number of Topliss-reactive ketones (excluding diaryl/α,β-unsaturated/α-hetero) is 1. The Kier molecular flexibility index (Phi) is 6.99. The van der Waals surface area contributed by atoms with Crippen molar-refractivity contribution in [3.8, 4) is 0 Å². The number of hydrogen-bond donors (Lipinski definition) is 5. The highest BCUT2D eigenvalue weighted by Gasteiger charge is 2.41. The van der Waals surface area contributed by atoms with Crippen LogP contribution >= 0.6 is 0 Å². The van der Waals surface area contributed by atoms with Gasteiger partial charge in [0.15, 0.2) is 17.3 Å². The highest BCUT2D eigenvalue weighted by Crippen LogP contribution is 2.21. The molecular weight excluding hydrogens is 376 g/mol. The molecule has 0 saturated heterocycles. The molecule has 10 nitrogen and oxygen atoms in total. The van der Waals surface area contributed by atoms with Crippen LogP contribution in [0.15, 0.2) is 54.6 Å². The van der Waals surface area contributed by atoms with Crippen LogP contribution in [0.3, 0.4) is 0 Å². The molecule has 152 valence electrons. The minimum absolute atomic E-state index is 0.000176. The lowest BCUT2D eigenvalue weighted by Gasteiger charge is -2.27. The molecule has 7 N–H and O–H groups in total. The zero-order chi connectivity index (χ0) is 21.4. The Morgan fingerprint density at radius 1 is 1.10 bits per heavy atom. The van der Waals surface area contributed by atoms with Gasteiger partial charge in [0, 0.05) is 29.9 Å². The Labute approximate surface area is 166 Å².